The first-order valence-corrected chi connectivity index (χ1v) is 18.6. The molecule has 4 atom stereocenters. The molecule has 0 radical (unpaired) electrons. The van der Waals surface area contributed by atoms with Crippen LogP contribution in [-0.4, -0.2) is 109 Å². The fourth-order valence-corrected chi connectivity index (χ4v) is 7.43. The lowest BCUT2D eigenvalue weighted by Gasteiger charge is -2.48. The summed E-state index contributed by atoms with van der Waals surface area (Å²) in [5.41, 5.74) is 2.14. The number of hydrogen-bond acceptors (Lipinski definition) is 12. The average Bonchev–Trinajstić information content (AvgIpc) is 3.82. The molecule has 4 aromatic rings. The molecule has 0 bridgehead atoms. The predicted octanol–water partition coefficient (Wildman–Crippen LogP) is 5.41. The van der Waals surface area contributed by atoms with Crippen LogP contribution in [0.4, 0.5) is 15.4 Å². The van der Waals surface area contributed by atoms with E-state index in [-0.39, 0.29) is 37.9 Å². The molecule has 16 nitrogen and oxygen atoms in total. The van der Waals surface area contributed by atoms with Gasteiger partial charge in [-0.3, -0.25) is 19.1 Å². The molecule has 2 saturated heterocycles. The Morgan fingerprint density at radius 2 is 1.89 bits per heavy atom. The highest BCUT2D eigenvalue weighted by molar-refractivity contribution is 6.06. The van der Waals surface area contributed by atoms with Gasteiger partial charge in [-0.15, -0.1) is 13.0 Å². The average molecular weight is 780 g/mol. The second-order valence-corrected chi connectivity index (χ2v) is 13.9. The van der Waals surface area contributed by atoms with Gasteiger partial charge in [0.15, 0.2) is 17.0 Å². The molecular formula is C41H45N7O9. The number of rotatable bonds is 15. The normalized spacial score (nSPS) is 20.4. The number of nitrogens with zero attached hydrogens (tertiary/aromatic N) is 6. The lowest BCUT2D eigenvalue weighted by atomic mass is 9.83. The number of amides is 2. The van der Waals surface area contributed by atoms with Gasteiger partial charge in [0.2, 0.25) is 0 Å². The molecule has 1 unspecified atom stereocenters. The summed E-state index contributed by atoms with van der Waals surface area (Å²) in [6.07, 6.45) is 8.79. The molecule has 0 saturated carbocycles. The zero-order chi connectivity index (χ0) is 40.4. The smallest absolute Gasteiger partial charge is 0.465 e. The molecular weight excluding hydrogens is 734 g/mol. The number of benzene rings is 2. The minimum Gasteiger partial charge on any atom is -0.465 e. The van der Waals surface area contributed by atoms with Gasteiger partial charge in [-0.05, 0) is 55.5 Å². The number of aromatic nitrogens is 4. The minimum atomic E-state index is -0.982. The zero-order valence-electron chi connectivity index (χ0n) is 31.6. The Balaban J connectivity index is 1.09. The summed E-state index contributed by atoms with van der Waals surface area (Å²) >= 11 is 0. The van der Waals surface area contributed by atoms with Crippen molar-refractivity contribution in [2.45, 2.75) is 69.5 Å². The third-order valence-electron chi connectivity index (χ3n) is 10.1. The van der Waals surface area contributed by atoms with Crippen molar-refractivity contribution in [2.24, 2.45) is 0 Å². The summed E-state index contributed by atoms with van der Waals surface area (Å²) in [5.74, 6) is 1.91. The lowest BCUT2D eigenvalue weighted by Crippen LogP contribution is -2.59. The van der Waals surface area contributed by atoms with E-state index in [9.17, 15) is 24.3 Å². The molecule has 4 heterocycles. The third kappa shape index (κ3) is 9.93. The van der Waals surface area contributed by atoms with E-state index < -0.39 is 42.2 Å². The van der Waals surface area contributed by atoms with Crippen molar-refractivity contribution >= 4 is 41.1 Å². The second-order valence-electron chi connectivity index (χ2n) is 13.9. The largest absolute Gasteiger partial charge is 0.508 e. The van der Waals surface area contributed by atoms with Crippen LogP contribution in [0, 0.1) is 12.3 Å². The number of hydrogen-bond donors (Lipinski definition) is 2. The van der Waals surface area contributed by atoms with Crippen molar-refractivity contribution in [1.29, 1.82) is 0 Å². The highest BCUT2D eigenvalue weighted by Crippen LogP contribution is 2.35. The first-order valence-electron chi connectivity index (χ1n) is 18.6. The van der Waals surface area contributed by atoms with E-state index in [1.807, 2.05) is 30.3 Å². The van der Waals surface area contributed by atoms with Crippen LogP contribution in [0.5, 0.6) is 0 Å². The Bertz CT molecular complexity index is 2100. The monoisotopic (exact) mass is 779 g/mol. The van der Waals surface area contributed by atoms with Gasteiger partial charge in [0.05, 0.1) is 11.9 Å². The number of carbonyl (C=O) groups is 4. The number of terminal acetylenes is 1. The number of fused-ring (bicyclic) bond motifs is 1. The summed E-state index contributed by atoms with van der Waals surface area (Å²) in [6.45, 7) is 6.39. The Hall–Kier alpha value is -6.31. The molecule has 2 amide bonds. The lowest BCUT2D eigenvalue weighted by molar-refractivity contribution is -0.150. The summed E-state index contributed by atoms with van der Waals surface area (Å²) in [6, 6.07) is 16.2. The van der Waals surface area contributed by atoms with Crippen molar-refractivity contribution in [3.63, 3.8) is 0 Å². The SMILES string of the molecule is C#Cc1ccc(CN(CCOC(=O)OC[C@H]2O[C@@H](n3cnc4c(NC(=O)c5ccccc5)ncnc43)C[C@@H]2OC(C)=O)CC2(CC=C)CCCCN2C(=O)O)cc1. The molecule has 2 aromatic heterocycles. The van der Waals surface area contributed by atoms with Crippen molar-refractivity contribution in [2.75, 3.05) is 38.2 Å². The van der Waals surface area contributed by atoms with E-state index in [0.29, 0.717) is 49.2 Å². The van der Waals surface area contributed by atoms with E-state index in [2.05, 4.69) is 37.7 Å². The highest BCUT2D eigenvalue weighted by atomic mass is 16.7. The van der Waals surface area contributed by atoms with Gasteiger partial charge in [-0.25, -0.2) is 24.5 Å². The Labute approximate surface area is 329 Å². The molecule has 6 rings (SSSR count). The van der Waals surface area contributed by atoms with E-state index in [1.54, 1.807) is 34.9 Å². The van der Waals surface area contributed by atoms with Crippen LogP contribution in [0.2, 0.25) is 0 Å². The van der Waals surface area contributed by atoms with Gasteiger partial charge in [0.25, 0.3) is 5.91 Å². The summed E-state index contributed by atoms with van der Waals surface area (Å²) in [4.78, 5) is 66.7. The van der Waals surface area contributed by atoms with E-state index in [1.165, 1.54) is 24.5 Å². The van der Waals surface area contributed by atoms with Crippen LogP contribution in [0.1, 0.15) is 66.7 Å². The molecule has 57 heavy (non-hydrogen) atoms. The zero-order valence-corrected chi connectivity index (χ0v) is 31.6. The molecule has 2 aliphatic rings. The van der Waals surface area contributed by atoms with Crippen LogP contribution in [0.3, 0.4) is 0 Å². The van der Waals surface area contributed by atoms with E-state index in [0.717, 1.165) is 24.0 Å². The number of nitrogens with one attached hydrogen (secondary N) is 1. The molecule has 0 aliphatic carbocycles. The van der Waals surface area contributed by atoms with Crippen LogP contribution in [0.15, 0.2) is 79.9 Å². The van der Waals surface area contributed by atoms with Crippen LogP contribution >= 0.6 is 0 Å². The quantitative estimate of drug-likeness (QED) is 0.0887. The Morgan fingerprint density at radius 3 is 2.61 bits per heavy atom. The Kier molecular flexibility index (Phi) is 13.1. The number of likely N-dealkylation sites (tertiary alicyclic amines) is 1. The summed E-state index contributed by atoms with van der Waals surface area (Å²) < 4.78 is 24.4. The number of esters is 1. The van der Waals surface area contributed by atoms with Gasteiger partial charge in [0, 0.05) is 50.7 Å². The van der Waals surface area contributed by atoms with Crippen molar-refractivity contribution in [3.8, 4) is 12.3 Å². The van der Waals surface area contributed by atoms with Crippen molar-refractivity contribution in [1.82, 2.24) is 29.3 Å². The first-order chi connectivity index (χ1) is 27.6. The van der Waals surface area contributed by atoms with Gasteiger partial charge in [0.1, 0.15) is 38.0 Å². The van der Waals surface area contributed by atoms with Gasteiger partial charge < -0.3 is 34.3 Å². The van der Waals surface area contributed by atoms with Crippen LogP contribution in [0.25, 0.3) is 11.2 Å². The maximum Gasteiger partial charge on any atom is 0.508 e. The third-order valence-corrected chi connectivity index (χ3v) is 10.1. The molecule has 0 spiro atoms. The molecule has 2 N–H and O–H groups in total. The fourth-order valence-electron chi connectivity index (χ4n) is 7.43. The Morgan fingerprint density at radius 1 is 1.11 bits per heavy atom. The van der Waals surface area contributed by atoms with Crippen LogP contribution in [-0.2, 0) is 30.3 Å². The highest BCUT2D eigenvalue weighted by Gasteiger charge is 2.43. The van der Waals surface area contributed by atoms with Gasteiger partial charge >= 0.3 is 18.2 Å². The number of anilines is 1. The molecule has 2 aliphatic heterocycles. The number of ether oxygens (including phenoxy) is 4. The second kappa shape index (κ2) is 18.5. The standard InChI is InChI=1S/C41H45N7O9/c1-4-17-41(18-9-10-19-48(41)39(51)52)25-46(23-30-15-13-29(5-2)14-16-30)20-21-54-40(53)55-24-33-32(56-28(3)49)22-34(57-33)47-27-44-35-36(42-26-43-37(35)47)45-38(50)31-11-7-6-8-12-31/h2,4,6-8,11-16,26-27,32-34H,1,9-10,17-25H2,3H3,(H,51,52)(H,42,43,45,50)/t32-,33+,34+,41?/m0/s1. The number of imidazole rings is 1. The predicted molar refractivity (Wildman–Crippen MR) is 207 cm³/mol. The van der Waals surface area contributed by atoms with Crippen molar-refractivity contribution < 1.29 is 43.2 Å². The van der Waals surface area contributed by atoms with Crippen molar-refractivity contribution in [3.05, 3.63) is 96.6 Å². The maximum atomic E-state index is 12.9. The molecule has 2 aromatic carbocycles. The number of carbonyl (C=O) groups excluding carboxylic acids is 3. The number of carboxylic acid groups (broad SMARTS) is 1. The summed E-state index contributed by atoms with van der Waals surface area (Å²) in [7, 11) is 0. The first kappa shape index (κ1) is 40.4. The van der Waals surface area contributed by atoms with Gasteiger partial charge in [-0.1, -0.05) is 42.3 Å². The molecule has 298 valence electrons. The van der Waals surface area contributed by atoms with E-state index >= 15 is 0 Å². The molecule has 2 fully saturated rings. The minimum absolute atomic E-state index is 0.0517. The summed E-state index contributed by atoms with van der Waals surface area (Å²) in [5, 5.41) is 12.9. The maximum absolute atomic E-state index is 12.9. The number of piperidine rings is 1. The fraction of sp³-hybridized carbons (Fsp3) is 0.390. The topological polar surface area (TPSA) is 188 Å². The molecule has 16 heteroatoms. The van der Waals surface area contributed by atoms with Crippen LogP contribution < -0.4 is 5.32 Å². The van der Waals surface area contributed by atoms with E-state index in [4.69, 9.17) is 25.4 Å². The van der Waals surface area contributed by atoms with Gasteiger partial charge in [-0.2, -0.15) is 0 Å².